The molecular formula is C23H22N2O4. The third kappa shape index (κ3) is 3.96. The van der Waals surface area contributed by atoms with Gasteiger partial charge in [0.15, 0.2) is 11.4 Å². The summed E-state index contributed by atoms with van der Waals surface area (Å²) in [5.74, 6) is 1.72. The number of fused-ring (bicyclic) bond motifs is 1. The van der Waals surface area contributed by atoms with Crippen molar-refractivity contribution in [2.75, 3.05) is 14.2 Å². The molecule has 2 aromatic heterocycles. The lowest BCUT2D eigenvalue weighted by Gasteiger charge is -2.09. The van der Waals surface area contributed by atoms with Crippen LogP contribution in [0.1, 0.15) is 23.8 Å². The van der Waals surface area contributed by atoms with Crippen LogP contribution in [0.3, 0.4) is 0 Å². The van der Waals surface area contributed by atoms with Crippen molar-refractivity contribution in [3.63, 3.8) is 0 Å². The van der Waals surface area contributed by atoms with Crippen LogP contribution < -0.4 is 9.47 Å². The average molecular weight is 390 g/mol. The van der Waals surface area contributed by atoms with E-state index in [-0.39, 0.29) is 7.21 Å². The monoisotopic (exact) mass is 390 g/mol. The van der Waals surface area contributed by atoms with Crippen LogP contribution in [0.4, 0.5) is 0 Å². The van der Waals surface area contributed by atoms with Gasteiger partial charge in [-0.3, -0.25) is 9.78 Å². The zero-order valence-electron chi connectivity index (χ0n) is 16.2. The first kappa shape index (κ1) is 18.7. The predicted octanol–water partition coefficient (Wildman–Crippen LogP) is 4.97. The molecule has 0 saturated carbocycles. The molecule has 0 saturated heterocycles. The van der Waals surface area contributed by atoms with E-state index in [0.717, 1.165) is 11.1 Å². The Morgan fingerprint density at radius 3 is 2.55 bits per heavy atom. The topological polar surface area (TPSA) is 74.5 Å². The zero-order chi connectivity index (χ0) is 20.2. The quantitative estimate of drug-likeness (QED) is 0.415. The second-order valence-corrected chi connectivity index (χ2v) is 6.54. The van der Waals surface area contributed by atoms with E-state index in [4.69, 9.17) is 13.9 Å². The molecule has 0 spiro atoms. The summed E-state index contributed by atoms with van der Waals surface area (Å²) in [5, 5.41) is 0. The van der Waals surface area contributed by atoms with Gasteiger partial charge in [0.1, 0.15) is 17.0 Å². The summed E-state index contributed by atoms with van der Waals surface area (Å²) in [5.41, 5.74) is 3.82. The number of ether oxygens (including phenoxy) is 2. The van der Waals surface area contributed by atoms with Crippen molar-refractivity contribution in [3.05, 3.63) is 72.1 Å². The maximum Gasteiger partial charge on any atom is 0.227 e. The number of pyridine rings is 1. The van der Waals surface area contributed by atoms with Gasteiger partial charge in [-0.15, -0.1) is 0 Å². The molecule has 6 nitrogen and oxygen atoms in total. The highest BCUT2D eigenvalue weighted by Gasteiger charge is 2.15. The second kappa shape index (κ2) is 8.14. The molecule has 0 amide bonds. The van der Waals surface area contributed by atoms with Gasteiger partial charge >= 0.3 is 0 Å². The number of aromatic nitrogens is 2. The SMILES string of the molecule is COc1cc(OC)cc(C(=O)CCc2ccccc2-c2nc3cnccc3o2)c1.[HH]. The second-order valence-electron chi connectivity index (χ2n) is 6.54. The van der Waals surface area contributed by atoms with E-state index in [1.54, 1.807) is 50.9 Å². The number of hydrogen-bond acceptors (Lipinski definition) is 6. The average Bonchev–Trinajstić information content (AvgIpc) is 3.21. The fraction of sp³-hybridized carbons (Fsp3) is 0.174. The van der Waals surface area contributed by atoms with Crippen molar-refractivity contribution in [1.82, 2.24) is 9.97 Å². The van der Waals surface area contributed by atoms with Gasteiger partial charge < -0.3 is 13.9 Å². The number of oxazole rings is 1. The van der Waals surface area contributed by atoms with Crippen molar-refractivity contribution in [1.29, 1.82) is 0 Å². The Labute approximate surface area is 169 Å². The Morgan fingerprint density at radius 2 is 1.83 bits per heavy atom. The molecule has 2 heterocycles. The van der Waals surface area contributed by atoms with Crippen molar-refractivity contribution < 1.29 is 20.1 Å². The number of benzene rings is 2. The third-order valence-electron chi connectivity index (χ3n) is 4.73. The molecular weight excluding hydrogens is 368 g/mol. The van der Waals surface area contributed by atoms with Crippen LogP contribution in [0.2, 0.25) is 0 Å². The number of hydrogen-bond donors (Lipinski definition) is 0. The van der Waals surface area contributed by atoms with Crippen molar-refractivity contribution in [2.45, 2.75) is 12.8 Å². The van der Waals surface area contributed by atoms with E-state index in [0.29, 0.717) is 46.9 Å². The minimum absolute atomic E-state index is 0. The summed E-state index contributed by atoms with van der Waals surface area (Å²) in [6.45, 7) is 0. The Morgan fingerprint density at radius 1 is 1.07 bits per heavy atom. The van der Waals surface area contributed by atoms with Crippen LogP contribution in [-0.2, 0) is 6.42 Å². The summed E-state index contributed by atoms with van der Waals surface area (Å²) in [6.07, 6.45) is 4.25. The van der Waals surface area contributed by atoms with Crippen molar-refractivity contribution >= 4 is 16.9 Å². The van der Waals surface area contributed by atoms with Gasteiger partial charge in [-0.1, -0.05) is 18.2 Å². The molecule has 0 N–H and O–H groups in total. The van der Waals surface area contributed by atoms with Gasteiger partial charge in [-0.25, -0.2) is 4.98 Å². The first-order chi connectivity index (χ1) is 14.2. The maximum atomic E-state index is 12.8. The molecule has 29 heavy (non-hydrogen) atoms. The normalized spacial score (nSPS) is 10.8. The molecule has 0 aliphatic rings. The summed E-state index contributed by atoms with van der Waals surface area (Å²) in [7, 11) is 3.13. The lowest BCUT2D eigenvalue weighted by Crippen LogP contribution is -2.03. The minimum Gasteiger partial charge on any atom is -0.497 e. The molecule has 0 atom stereocenters. The number of ketones is 1. The van der Waals surface area contributed by atoms with E-state index in [9.17, 15) is 4.79 Å². The number of methoxy groups -OCH3 is 2. The highest BCUT2D eigenvalue weighted by molar-refractivity contribution is 5.97. The highest BCUT2D eigenvalue weighted by atomic mass is 16.5. The van der Waals surface area contributed by atoms with Crippen LogP contribution in [0.5, 0.6) is 11.5 Å². The van der Waals surface area contributed by atoms with Gasteiger partial charge in [0.25, 0.3) is 0 Å². The largest absolute Gasteiger partial charge is 0.497 e. The fourth-order valence-corrected chi connectivity index (χ4v) is 3.20. The van der Waals surface area contributed by atoms with Crippen LogP contribution in [0.25, 0.3) is 22.6 Å². The lowest BCUT2D eigenvalue weighted by atomic mass is 9.98. The van der Waals surface area contributed by atoms with E-state index < -0.39 is 0 Å². The molecule has 6 heteroatoms. The van der Waals surface area contributed by atoms with Gasteiger partial charge in [0.05, 0.1) is 20.4 Å². The molecule has 0 aliphatic heterocycles. The first-order valence-electron chi connectivity index (χ1n) is 9.23. The standard InChI is InChI=1S/C23H20N2O4.H2/c1-27-17-11-16(12-18(13-17)28-2)21(26)8-7-15-5-3-4-6-19(15)23-25-20-14-24-10-9-22(20)29-23;/h3-6,9-14H,7-8H2,1-2H3;1H. The number of rotatable bonds is 7. The molecule has 0 bridgehead atoms. The maximum absolute atomic E-state index is 12.8. The smallest absolute Gasteiger partial charge is 0.227 e. The van der Waals surface area contributed by atoms with Gasteiger partial charge in [0, 0.05) is 37.3 Å². The Bertz CT molecular complexity index is 1120. The van der Waals surface area contributed by atoms with E-state index in [1.165, 1.54) is 0 Å². The molecule has 148 valence electrons. The van der Waals surface area contributed by atoms with Gasteiger partial charge in [0.2, 0.25) is 5.89 Å². The van der Waals surface area contributed by atoms with Crippen molar-refractivity contribution in [3.8, 4) is 23.0 Å². The summed E-state index contributed by atoms with van der Waals surface area (Å²) in [4.78, 5) is 21.4. The van der Waals surface area contributed by atoms with Crippen LogP contribution in [-0.4, -0.2) is 30.0 Å². The molecule has 4 aromatic rings. The van der Waals surface area contributed by atoms with E-state index in [1.807, 2.05) is 24.3 Å². The van der Waals surface area contributed by atoms with Gasteiger partial charge in [-0.05, 0) is 30.2 Å². The van der Waals surface area contributed by atoms with E-state index in [2.05, 4.69) is 9.97 Å². The molecule has 2 aromatic carbocycles. The summed E-state index contributed by atoms with van der Waals surface area (Å²) < 4.78 is 16.4. The predicted molar refractivity (Wildman–Crippen MR) is 112 cm³/mol. The van der Waals surface area contributed by atoms with Crippen LogP contribution in [0, 0.1) is 0 Å². The summed E-state index contributed by atoms with van der Waals surface area (Å²) in [6, 6.07) is 14.8. The highest BCUT2D eigenvalue weighted by Crippen LogP contribution is 2.28. The Kier molecular flexibility index (Phi) is 5.24. The van der Waals surface area contributed by atoms with Crippen LogP contribution >= 0.6 is 0 Å². The molecule has 0 fully saturated rings. The van der Waals surface area contributed by atoms with Crippen molar-refractivity contribution in [2.24, 2.45) is 0 Å². The van der Waals surface area contributed by atoms with Gasteiger partial charge in [-0.2, -0.15) is 0 Å². The van der Waals surface area contributed by atoms with Crippen LogP contribution in [0.15, 0.2) is 65.3 Å². The number of aryl methyl sites for hydroxylation is 1. The summed E-state index contributed by atoms with van der Waals surface area (Å²) >= 11 is 0. The number of nitrogens with zero attached hydrogens (tertiary/aromatic N) is 2. The minimum atomic E-state index is 0. The fourth-order valence-electron chi connectivity index (χ4n) is 3.20. The third-order valence-corrected chi connectivity index (χ3v) is 4.73. The molecule has 4 rings (SSSR count). The van der Waals surface area contributed by atoms with E-state index >= 15 is 0 Å². The molecule has 0 radical (unpaired) electrons. The lowest BCUT2D eigenvalue weighted by molar-refractivity contribution is 0.0982. The molecule has 0 aliphatic carbocycles. The number of carbonyl (C=O) groups is 1. The number of Topliss-reactive ketones (excluding diaryl/α,β-unsaturated/α-hetero) is 1. The number of carbonyl (C=O) groups excluding carboxylic acids is 1. The first-order valence-corrected chi connectivity index (χ1v) is 9.23. The zero-order valence-corrected chi connectivity index (χ0v) is 16.2. The molecule has 0 unspecified atom stereocenters. The Balaban J connectivity index is 0.00000256. The Hall–Kier alpha value is -3.67.